The molecule has 0 aliphatic heterocycles. The van der Waals surface area contributed by atoms with Gasteiger partial charge in [-0.1, -0.05) is 50.2 Å². The van der Waals surface area contributed by atoms with Crippen molar-refractivity contribution in [3.8, 4) is 5.75 Å². The van der Waals surface area contributed by atoms with Gasteiger partial charge in [0.05, 0.1) is 7.11 Å². The minimum atomic E-state index is -0.577. The van der Waals surface area contributed by atoms with E-state index in [1.165, 1.54) is 5.56 Å². The molecule has 5 heteroatoms. The fraction of sp³-hybridized carbons (Fsp3) is 0.481. The molecule has 0 spiro atoms. The lowest BCUT2D eigenvalue weighted by Crippen LogP contribution is -2.52. The van der Waals surface area contributed by atoms with E-state index in [9.17, 15) is 9.59 Å². The lowest BCUT2D eigenvalue weighted by atomic mass is 10.00. The molecule has 0 bridgehead atoms. The molecule has 2 amide bonds. The van der Waals surface area contributed by atoms with E-state index >= 15 is 0 Å². The zero-order chi connectivity index (χ0) is 23.9. The van der Waals surface area contributed by atoms with Crippen molar-refractivity contribution in [2.24, 2.45) is 0 Å². The van der Waals surface area contributed by atoms with Gasteiger partial charge in [-0.15, -0.1) is 0 Å². The van der Waals surface area contributed by atoms with Crippen LogP contribution in [0.1, 0.15) is 70.6 Å². The fourth-order valence-corrected chi connectivity index (χ4v) is 3.45. The van der Waals surface area contributed by atoms with E-state index in [4.69, 9.17) is 4.74 Å². The molecule has 1 atom stereocenters. The van der Waals surface area contributed by atoms with E-state index in [-0.39, 0.29) is 17.4 Å². The first-order valence-electron chi connectivity index (χ1n) is 11.3. The van der Waals surface area contributed by atoms with Crippen LogP contribution in [-0.4, -0.2) is 35.4 Å². The summed E-state index contributed by atoms with van der Waals surface area (Å²) >= 11 is 0. The predicted molar refractivity (Wildman–Crippen MR) is 130 cm³/mol. The SMILES string of the molecule is COc1ccc(CN(C(=O)CCc2ccc(C(C)C)cc2)[C@@H](C)C(=O)NC(C)(C)C)cc1. The smallest absolute Gasteiger partial charge is 0.242 e. The number of amides is 2. The van der Waals surface area contributed by atoms with Crippen molar-refractivity contribution in [3.05, 3.63) is 65.2 Å². The standard InChI is InChI=1S/C27H38N2O3/c1-19(2)23-13-8-21(9-14-23)12-17-25(30)29(20(3)26(31)28-27(4,5)6)18-22-10-15-24(32-7)16-11-22/h8-11,13-16,19-20H,12,17-18H2,1-7H3,(H,28,31)/t20-/m0/s1. The Bertz CT molecular complexity index is 881. The zero-order valence-electron chi connectivity index (χ0n) is 20.6. The van der Waals surface area contributed by atoms with Gasteiger partial charge in [-0.05, 0) is 68.9 Å². The molecule has 174 valence electrons. The molecule has 0 saturated heterocycles. The summed E-state index contributed by atoms with van der Waals surface area (Å²) in [4.78, 5) is 27.8. The van der Waals surface area contributed by atoms with E-state index in [1.807, 2.05) is 45.0 Å². The van der Waals surface area contributed by atoms with Gasteiger partial charge in [0.15, 0.2) is 0 Å². The van der Waals surface area contributed by atoms with Crippen LogP contribution in [0, 0.1) is 0 Å². The van der Waals surface area contributed by atoms with Gasteiger partial charge in [0, 0.05) is 18.5 Å². The number of nitrogens with one attached hydrogen (secondary N) is 1. The highest BCUT2D eigenvalue weighted by atomic mass is 16.5. The number of carbonyl (C=O) groups is 2. The molecule has 0 aliphatic carbocycles. The quantitative estimate of drug-likeness (QED) is 0.594. The lowest BCUT2D eigenvalue weighted by molar-refractivity contribution is -0.141. The van der Waals surface area contributed by atoms with Gasteiger partial charge in [-0.3, -0.25) is 9.59 Å². The molecule has 0 saturated carbocycles. The summed E-state index contributed by atoms with van der Waals surface area (Å²) in [6.07, 6.45) is 0.994. The fourth-order valence-electron chi connectivity index (χ4n) is 3.45. The first-order valence-corrected chi connectivity index (χ1v) is 11.3. The Morgan fingerprint density at radius 3 is 2.00 bits per heavy atom. The number of aryl methyl sites for hydroxylation is 1. The van der Waals surface area contributed by atoms with Gasteiger partial charge in [0.25, 0.3) is 0 Å². The number of carbonyl (C=O) groups excluding carboxylic acids is 2. The Balaban J connectivity index is 2.15. The summed E-state index contributed by atoms with van der Waals surface area (Å²) < 4.78 is 5.23. The number of rotatable bonds is 9. The summed E-state index contributed by atoms with van der Waals surface area (Å²) in [5, 5.41) is 3.00. The average molecular weight is 439 g/mol. The highest BCUT2D eigenvalue weighted by Gasteiger charge is 2.28. The Hall–Kier alpha value is -2.82. The maximum atomic E-state index is 13.3. The number of hydrogen-bond acceptors (Lipinski definition) is 3. The van der Waals surface area contributed by atoms with Crippen molar-refractivity contribution < 1.29 is 14.3 Å². The molecular weight excluding hydrogens is 400 g/mol. The molecule has 2 aromatic carbocycles. The van der Waals surface area contributed by atoms with Gasteiger partial charge < -0.3 is 15.0 Å². The Morgan fingerprint density at radius 2 is 1.50 bits per heavy atom. The maximum absolute atomic E-state index is 13.3. The van der Waals surface area contributed by atoms with Crippen LogP contribution in [0.15, 0.2) is 48.5 Å². The summed E-state index contributed by atoms with van der Waals surface area (Å²) in [6.45, 7) is 12.3. The number of nitrogens with zero attached hydrogens (tertiary/aromatic N) is 1. The molecule has 0 unspecified atom stereocenters. The monoisotopic (exact) mass is 438 g/mol. The van der Waals surface area contributed by atoms with Gasteiger partial charge >= 0.3 is 0 Å². The topological polar surface area (TPSA) is 58.6 Å². The summed E-state index contributed by atoms with van der Waals surface area (Å²) in [5.41, 5.74) is 3.00. The predicted octanol–water partition coefficient (Wildman–Crippen LogP) is 5.08. The highest BCUT2D eigenvalue weighted by molar-refractivity contribution is 5.87. The molecule has 0 heterocycles. The summed E-state index contributed by atoms with van der Waals surface area (Å²) in [7, 11) is 1.62. The van der Waals surface area contributed by atoms with Crippen molar-refractivity contribution >= 4 is 11.8 Å². The second-order valence-electron chi connectivity index (χ2n) is 9.68. The van der Waals surface area contributed by atoms with Crippen molar-refractivity contribution in [1.82, 2.24) is 10.2 Å². The summed E-state index contributed by atoms with van der Waals surface area (Å²) in [6, 6.07) is 15.4. The normalized spacial score (nSPS) is 12.4. The molecule has 5 nitrogen and oxygen atoms in total. The number of methoxy groups -OCH3 is 1. The minimum absolute atomic E-state index is 0.0367. The zero-order valence-corrected chi connectivity index (χ0v) is 20.6. The first-order chi connectivity index (χ1) is 15.0. The molecule has 0 radical (unpaired) electrons. The second-order valence-corrected chi connectivity index (χ2v) is 9.68. The Labute approximate surface area is 193 Å². The van der Waals surface area contributed by atoms with Crippen molar-refractivity contribution in [1.29, 1.82) is 0 Å². The number of benzene rings is 2. The van der Waals surface area contributed by atoms with Gasteiger partial charge in [-0.25, -0.2) is 0 Å². The van der Waals surface area contributed by atoms with Gasteiger partial charge in [0.1, 0.15) is 11.8 Å². The van der Waals surface area contributed by atoms with Crippen LogP contribution >= 0.6 is 0 Å². The third kappa shape index (κ3) is 7.70. The third-order valence-corrected chi connectivity index (χ3v) is 5.45. The largest absolute Gasteiger partial charge is 0.497 e. The van der Waals surface area contributed by atoms with E-state index in [0.717, 1.165) is 16.9 Å². The maximum Gasteiger partial charge on any atom is 0.242 e. The first kappa shape index (κ1) is 25.4. The van der Waals surface area contributed by atoms with Crippen LogP contribution in [0.5, 0.6) is 5.75 Å². The molecule has 32 heavy (non-hydrogen) atoms. The summed E-state index contributed by atoms with van der Waals surface area (Å²) in [5.74, 6) is 1.05. The number of ether oxygens (including phenoxy) is 1. The Morgan fingerprint density at radius 1 is 0.938 bits per heavy atom. The number of hydrogen-bond donors (Lipinski definition) is 1. The highest BCUT2D eigenvalue weighted by Crippen LogP contribution is 2.18. The molecule has 1 N–H and O–H groups in total. The van der Waals surface area contributed by atoms with Gasteiger partial charge in [-0.2, -0.15) is 0 Å². The third-order valence-electron chi connectivity index (χ3n) is 5.45. The molecule has 0 aliphatic rings. The minimum Gasteiger partial charge on any atom is -0.497 e. The van der Waals surface area contributed by atoms with E-state index < -0.39 is 6.04 Å². The van der Waals surface area contributed by atoms with Crippen molar-refractivity contribution in [2.45, 2.75) is 78.4 Å². The second kappa shape index (κ2) is 11.2. The van der Waals surface area contributed by atoms with Crippen LogP contribution in [0.3, 0.4) is 0 Å². The average Bonchev–Trinajstić information content (AvgIpc) is 2.74. The van der Waals surface area contributed by atoms with Crippen LogP contribution in [0.4, 0.5) is 0 Å². The van der Waals surface area contributed by atoms with Crippen LogP contribution < -0.4 is 10.1 Å². The molecule has 2 aromatic rings. The van der Waals surface area contributed by atoms with E-state index in [1.54, 1.807) is 18.9 Å². The van der Waals surface area contributed by atoms with Gasteiger partial charge in [0.2, 0.25) is 11.8 Å². The molecule has 2 rings (SSSR count). The van der Waals surface area contributed by atoms with Crippen LogP contribution in [0.2, 0.25) is 0 Å². The van der Waals surface area contributed by atoms with Crippen LogP contribution in [-0.2, 0) is 22.6 Å². The molecular formula is C27H38N2O3. The lowest BCUT2D eigenvalue weighted by Gasteiger charge is -2.31. The molecule has 0 aromatic heterocycles. The molecule has 0 fully saturated rings. The Kier molecular flexibility index (Phi) is 8.88. The van der Waals surface area contributed by atoms with E-state index in [0.29, 0.717) is 25.3 Å². The van der Waals surface area contributed by atoms with Crippen molar-refractivity contribution in [3.63, 3.8) is 0 Å². The van der Waals surface area contributed by atoms with Crippen LogP contribution in [0.25, 0.3) is 0 Å². The van der Waals surface area contributed by atoms with Crippen molar-refractivity contribution in [2.75, 3.05) is 7.11 Å². The van der Waals surface area contributed by atoms with E-state index in [2.05, 4.69) is 43.4 Å².